The average Bonchev–Trinajstić information content (AvgIpc) is 3.25. The molecule has 13 nitrogen and oxygen atoms in total. The van der Waals surface area contributed by atoms with Crippen LogP contribution in [-0.4, -0.2) is 94.2 Å². The van der Waals surface area contributed by atoms with Crippen LogP contribution in [0.2, 0.25) is 0 Å². The zero-order valence-corrected chi connectivity index (χ0v) is 22.1. The lowest BCUT2D eigenvalue weighted by atomic mass is 9.50. The second-order valence-corrected chi connectivity index (χ2v) is 10.7. The van der Waals surface area contributed by atoms with Crippen LogP contribution in [0.1, 0.15) is 43.7 Å². The number of nitrogens with zero attached hydrogens (tertiary/aromatic N) is 1. The number of aliphatic carboxylic acids is 1. The largest absolute Gasteiger partial charge is 0.504 e. The normalized spacial score (nSPS) is 29.2. The number of esters is 3. The highest BCUT2D eigenvalue weighted by Gasteiger charge is 2.72. The van der Waals surface area contributed by atoms with Gasteiger partial charge in [-0.1, -0.05) is 6.07 Å². The van der Waals surface area contributed by atoms with Crippen molar-refractivity contribution >= 4 is 23.9 Å². The van der Waals surface area contributed by atoms with Crippen molar-refractivity contribution in [1.29, 1.82) is 0 Å². The Hall–Kier alpha value is -3.68. The molecule has 1 fully saturated rings. The Labute approximate surface area is 229 Å². The van der Waals surface area contributed by atoms with Gasteiger partial charge in [-0.15, -0.1) is 0 Å². The first-order valence-corrected chi connectivity index (χ1v) is 13.1. The lowest BCUT2D eigenvalue weighted by molar-refractivity contribution is -0.179. The van der Waals surface area contributed by atoms with Crippen molar-refractivity contribution in [2.75, 3.05) is 20.1 Å². The van der Waals surface area contributed by atoms with Crippen LogP contribution in [0.15, 0.2) is 24.0 Å². The van der Waals surface area contributed by atoms with E-state index in [1.807, 2.05) is 13.1 Å². The third-order valence-corrected chi connectivity index (χ3v) is 8.46. The molecule has 216 valence electrons. The van der Waals surface area contributed by atoms with Crippen molar-refractivity contribution in [2.45, 2.75) is 74.4 Å². The molecule has 1 saturated heterocycles. The van der Waals surface area contributed by atoms with Gasteiger partial charge in [0.2, 0.25) is 6.10 Å². The summed E-state index contributed by atoms with van der Waals surface area (Å²) in [6.45, 7) is 1.68. The Kier molecular flexibility index (Phi) is 7.01. The molecule has 0 unspecified atom stereocenters. The molecule has 6 atom stereocenters. The van der Waals surface area contributed by atoms with Gasteiger partial charge < -0.3 is 44.9 Å². The zero-order chi connectivity index (χ0) is 29.0. The maximum atomic E-state index is 13.1. The average molecular weight is 561 g/mol. The number of nitrogens with two attached hydrogens (primary N) is 1. The number of aliphatic hydroxyl groups is 1. The van der Waals surface area contributed by atoms with Gasteiger partial charge in [-0.3, -0.25) is 9.59 Å². The molecule has 0 aromatic heterocycles. The Morgan fingerprint density at radius 1 is 1.23 bits per heavy atom. The second-order valence-electron chi connectivity index (χ2n) is 10.7. The highest BCUT2D eigenvalue weighted by atomic mass is 16.6. The first-order valence-electron chi connectivity index (χ1n) is 13.1. The number of phenols is 1. The van der Waals surface area contributed by atoms with Crippen LogP contribution in [0, 0.1) is 0 Å². The third kappa shape index (κ3) is 4.19. The number of hydrogen-bond acceptors (Lipinski definition) is 12. The van der Waals surface area contributed by atoms with Crippen LogP contribution in [-0.2, 0) is 45.2 Å². The van der Waals surface area contributed by atoms with Crippen molar-refractivity contribution < 1.29 is 53.4 Å². The molecule has 40 heavy (non-hydrogen) atoms. The van der Waals surface area contributed by atoms with Crippen molar-refractivity contribution in [3.05, 3.63) is 35.1 Å². The van der Waals surface area contributed by atoms with Gasteiger partial charge in [0.05, 0.1) is 23.9 Å². The van der Waals surface area contributed by atoms with Crippen LogP contribution in [0.4, 0.5) is 0 Å². The molecule has 0 amide bonds. The highest BCUT2D eigenvalue weighted by molar-refractivity contribution is 5.86. The van der Waals surface area contributed by atoms with E-state index in [2.05, 4.69) is 4.90 Å². The number of carbonyl (C=O) groups excluding carboxylic acids is 3. The highest BCUT2D eigenvalue weighted by Crippen LogP contribution is 2.65. The number of rotatable bonds is 9. The van der Waals surface area contributed by atoms with E-state index in [1.54, 1.807) is 12.1 Å². The van der Waals surface area contributed by atoms with Crippen molar-refractivity contribution in [3.63, 3.8) is 0 Å². The molecule has 0 radical (unpaired) electrons. The van der Waals surface area contributed by atoms with Crippen LogP contribution >= 0.6 is 0 Å². The molecule has 5 rings (SSSR count). The first kappa shape index (κ1) is 27.9. The van der Waals surface area contributed by atoms with Crippen LogP contribution in [0.3, 0.4) is 0 Å². The molecule has 2 heterocycles. The monoisotopic (exact) mass is 560 g/mol. The summed E-state index contributed by atoms with van der Waals surface area (Å²) < 4.78 is 21.8. The van der Waals surface area contributed by atoms with E-state index in [0.29, 0.717) is 24.9 Å². The predicted octanol–water partition coefficient (Wildman–Crippen LogP) is -0.120. The topological polar surface area (TPSA) is 195 Å². The molecule has 2 aliphatic heterocycles. The Morgan fingerprint density at radius 2 is 1.98 bits per heavy atom. The lowest BCUT2D eigenvalue weighted by Gasteiger charge is -2.61. The summed E-state index contributed by atoms with van der Waals surface area (Å²) in [5.74, 6) is -4.25. The molecule has 5 N–H and O–H groups in total. The summed E-state index contributed by atoms with van der Waals surface area (Å²) in [7, 11) is 1.95. The number of benzene rings is 1. The fourth-order valence-electron chi connectivity index (χ4n) is 6.57. The van der Waals surface area contributed by atoms with Gasteiger partial charge in [0.1, 0.15) is 5.76 Å². The number of ether oxygens (including phenoxy) is 4. The maximum absolute atomic E-state index is 13.1. The number of hydrogen-bond donors (Lipinski definition) is 4. The fraction of sp³-hybridized carbons (Fsp3) is 0.556. The van der Waals surface area contributed by atoms with E-state index in [9.17, 15) is 29.4 Å². The number of likely N-dealkylation sites (N-methyl/N-ethyl adjacent to an activating group) is 1. The van der Waals surface area contributed by atoms with Gasteiger partial charge in [0.15, 0.2) is 23.7 Å². The van der Waals surface area contributed by atoms with E-state index >= 15 is 0 Å². The summed E-state index contributed by atoms with van der Waals surface area (Å²) in [6, 6.07) is 3.13. The Balaban J connectivity index is 1.41. The molecule has 1 aromatic carbocycles. The number of phenolic OH excluding ortho intramolecular Hbond substituents is 1. The molecule has 13 heteroatoms. The van der Waals surface area contributed by atoms with Gasteiger partial charge in [-0.25, -0.2) is 9.59 Å². The summed E-state index contributed by atoms with van der Waals surface area (Å²) in [5.41, 5.74) is 4.76. The smallest absolute Gasteiger partial charge is 0.348 e. The van der Waals surface area contributed by atoms with Crippen LogP contribution in [0.5, 0.6) is 11.5 Å². The molecular formula is C27H32N2O11. The SMILES string of the molecule is C[C@H](OC(=O)[C@H](CC(=O)OC1=CC[C@@]2(O)[C@H]3Cc4ccc(O)c5c4[C@@]2(CCN3C)[C@H]1O5)OC(=O)CCN)C(=O)O. The second kappa shape index (κ2) is 10.1. The number of aromatic hydroxyl groups is 1. The van der Waals surface area contributed by atoms with Crippen LogP contribution < -0.4 is 10.5 Å². The standard InChI is InChI=1S/C27H32N2O11/c1-13(24(33)34)37-25(35)17(39-19(31)6-9-28)12-20(32)38-16-5-7-27(36)18-11-14-3-4-15(30)22-21(14)26(27,23(16)40-22)8-10-29(18)2/h3-5,13,17-18,23,30,36H,6-12,28H2,1-2H3,(H,33,34)/t13-,17-,18+,23-,26-,27+/m0/s1. The molecule has 1 aromatic rings. The quantitative estimate of drug-likeness (QED) is 0.231. The molecule has 0 saturated carbocycles. The van der Waals surface area contributed by atoms with E-state index in [4.69, 9.17) is 29.8 Å². The van der Waals surface area contributed by atoms with Crippen molar-refractivity contribution in [2.24, 2.45) is 5.73 Å². The number of carbonyl (C=O) groups is 4. The van der Waals surface area contributed by atoms with E-state index in [0.717, 1.165) is 12.5 Å². The van der Waals surface area contributed by atoms with E-state index in [-0.39, 0.29) is 42.7 Å². The van der Waals surface area contributed by atoms with E-state index in [1.165, 1.54) is 0 Å². The van der Waals surface area contributed by atoms with Gasteiger partial charge in [0.25, 0.3) is 0 Å². The lowest BCUT2D eigenvalue weighted by Crippen LogP contribution is -2.74. The molecule has 2 aliphatic carbocycles. The number of likely N-dealkylation sites (tertiary alicyclic amines) is 1. The van der Waals surface area contributed by atoms with Gasteiger partial charge in [0, 0.05) is 24.6 Å². The van der Waals surface area contributed by atoms with Crippen molar-refractivity contribution in [3.8, 4) is 11.5 Å². The molecule has 1 spiro atoms. The van der Waals surface area contributed by atoms with Gasteiger partial charge in [-0.2, -0.15) is 0 Å². The minimum Gasteiger partial charge on any atom is -0.504 e. The summed E-state index contributed by atoms with van der Waals surface area (Å²) in [5, 5.41) is 31.8. The number of piperidine rings is 1. The van der Waals surface area contributed by atoms with Gasteiger partial charge >= 0.3 is 23.9 Å². The number of carboxylic acids is 1. The molecular weight excluding hydrogens is 528 g/mol. The van der Waals surface area contributed by atoms with E-state index < -0.39 is 59.6 Å². The number of carboxylic acid groups (broad SMARTS) is 1. The van der Waals surface area contributed by atoms with Crippen molar-refractivity contribution in [1.82, 2.24) is 4.90 Å². The molecule has 2 bridgehead atoms. The first-order chi connectivity index (χ1) is 18.9. The Morgan fingerprint density at radius 3 is 2.67 bits per heavy atom. The minimum absolute atomic E-state index is 0.0704. The molecule has 4 aliphatic rings. The summed E-state index contributed by atoms with van der Waals surface area (Å²) >= 11 is 0. The Bertz CT molecular complexity index is 1300. The minimum atomic E-state index is -1.77. The van der Waals surface area contributed by atoms with Gasteiger partial charge in [-0.05, 0) is 51.1 Å². The zero-order valence-electron chi connectivity index (χ0n) is 22.1. The maximum Gasteiger partial charge on any atom is 0.348 e. The summed E-state index contributed by atoms with van der Waals surface area (Å²) in [6.07, 6.45) is -2.52. The van der Waals surface area contributed by atoms with Crippen LogP contribution in [0.25, 0.3) is 0 Å². The summed E-state index contributed by atoms with van der Waals surface area (Å²) in [4.78, 5) is 51.0. The fourth-order valence-corrected chi connectivity index (χ4v) is 6.57. The third-order valence-electron chi connectivity index (χ3n) is 8.46. The predicted molar refractivity (Wildman–Crippen MR) is 134 cm³/mol.